The van der Waals surface area contributed by atoms with Gasteiger partial charge in [-0.2, -0.15) is 0 Å². The summed E-state index contributed by atoms with van der Waals surface area (Å²) in [5.74, 6) is 0. The van der Waals surface area contributed by atoms with Crippen LogP contribution in [0.15, 0.2) is 170 Å². The summed E-state index contributed by atoms with van der Waals surface area (Å²) < 4.78 is 4.81. The van der Waals surface area contributed by atoms with E-state index < -0.39 is 0 Å². The molecule has 2 aromatic heterocycles. The van der Waals surface area contributed by atoms with Gasteiger partial charge in [-0.25, -0.2) is 0 Å². The van der Waals surface area contributed by atoms with Crippen LogP contribution in [0, 0.1) is 0 Å². The van der Waals surface area contributed by atoms with Gasteiger partial charge in [0.05, 0.1) is 22.1 Å². The third kappa shape index (κ3) is 3.65. The highest BCUT2D eigenvalue weighted by molar-refractivity contribution is 6.22. The molecule has 10 aromatic rings. The van der Waals surface area contributed by atoms with E-state index in [1.807, 2.05) is 0 Å². The van der Waals surface area contributed by atoms with E-state index in [0.717, 1.165) is 0 Å². The molecule has 0 atom stereocenters. The molecule has 2 heterocycles. The number of para-hydroxylation sites is 2. The van der Waals surface area contributed by atoms with Crippen molar-refractivity contribution in [1.29, 1.82) is 0 Å². The van der Waals surface area contributed by atoms with Crippen molar-refractivity contribution in [1.82, 2.24) is 9.13 Å². The summed E-state index contributed by atoms with van der Waals surface area (Å²) in [6, 6.07) is 62.0. The Bertz CT molecular complexity index is 2800. The maximum atomic E-state index is 2.41. The fourth-order valence-corrected chi connectivity index (χ4v) is 7.57. The fraction of sp³-hybridized carbons (Fsp3) is 0. The van der Waals surface area contributed by atoms with Gasteiger partial charge in [-0.05, 0) is 93.3 Å². The lowest BCUT2D eigenvalue weighted by molar-refractivity contribution is 1.18. The van der Waals surface area contributed by atoms with Crippen molar-refractivity contribution >= 4 is 65.2 Å². The van der Waals surface area contributed by atoms with E-state index in [-0.39, 0.29) is 0 Å². The molecule has 0 bridgehead atoms. The van der Waals surface area contributed by atoms with Crippen LogP contribution >= 0.6 is 0 Å². The monoisotopic (exact) mass is 584 g/mol. The minimum Gasteiger partial charge on any atom is -0.309 e. The smallest absolute Gasteiger partial charge is 0.0547 e. The highest BCUT2D eigenvalue weighted by Crippen LogP contribution is 2.40. The first-order valence-electron chi connectivity index (χ1n) is 15.9. The Morgan fingerprint density at radius 3 is 1.67 bits per heavy atom. The first-order chi connectivity index (χ1) is 22.8. The number of hydrogen-bond donors (Lipinski definition) is 0. The van der Waals surface area contributed by atoms with Crippen molar-refractivity contribution in [3.05, 3.63) is 170 Å². The van der Waals surface area contributed by atoms with Crippen molar-refractivity contribution in [2.24, 2.45) is 0 Å². The van der Waals surface area contributed by atoms with Gasteiger partial charge in [-0.3, -0.25) is 0 Å². The molecule has 0 saturated carbocycles. The van der Waals surface area contributed by atoms with Crippen LogP contribution in [0.2, 0.25) is 0 Å². The van der Waals surface area contributed by atoms with Gasteiger partial charge >= 0.3 is 0 Å². The Hall–Kier alpha value is -6.12. The van der Waals surface area contributed by atoms with Crippen molar-refractivity contribution in [3.63, 3.8) is 0 Å². The lowest BCUT2D eigenvalue weighted by atomic mass is 9.99. The summed E-state index contributed by atoms with van der Waals surface area (Å²) in [6.45, 7) is 0. The van der Waals surface area contributed by atoms with Crippen molar-refractivity contribution in [2.45, 2.75) is 0 Å². The average molecular weight is 585 g/mol. The summed E-state index contributed by atoms with van der Waals surface area (Å²) in [5.41, 5.74) is 9.67. The standard InChI is InChI=1S/C44H28N2/c1-2-13-34(14-3-1)45-42-24-21-33(28-39(42)44-36-15-7-6-11-30(36)19-25-43(44)45)32-20-23-41-38(27-32)37-16-8-9-17-40(37)46(41)35-22-18-29-10-4-5-12-31(29)26-35/h1-28H. The van der Waals surface area contributed by atoms with Crippen LogP contribution in [0.4, 0.5) is 0 Å². The quantitative estimate of drug-likeness (QED) is 0.195. The Balaban J connectivity index is 1.22. The van der Waals surface area contributed by atoms with Gasteiger partial charge in [-0.15, -0.1) is 0 Å². The maximum Gasteiger partial charge on any atom is 0.0547 e. The van der Waals surface area contributed by atoms with Crippen molar-refractivity contribution in [2.75, 3.05) is 0 Å². The van der Waals surface area contributed by atoms with Crippen LogP contribution in [0.1, 0.15) is 0 Å². The molecule has 0 fully saturated rings. The van der Waals surface area contributed by atoms with E-state index in [0.29, 0.717) is 0 Å². The molecule has 214 valence electrons. The topological polar surface area (TPSA) is 9.86 Å². The van der Waals surface area contributed by atoms with Crippen LogP contribution in [-0.4, -0.2) is 9.13 Å². The van der Waals surface area contributed by atoms with Crippen LogP contribution < -0.4 is 0 Å². The second-order valence-electron chi connectivity index (χ2n) is 12.2. The van der Waals surface area contributed by atoms with Gasteiger partial charge in [-0.1, -0.05) is 109 Å². The highest BCUT2D eigenvalue weighted by atomic mass is 15.0. The Labute approximate surface area is 266 Å². The first-order valence-corrected chi connectivity index (χ1v) is 15.9. The van der Waals surface area contributed by atoms with E-state index in [1.54, 1.807) is 0 Å². The van der Waals surface area contributed by atoms with Crippen LogP contribution in [-0.2, 0) is 0 Å². The molecule has 46 heavy (non-hydrogen) atoms. The molecule has 0 amide bonds. The second-order valence-corrected chi connectivity index (χ2v) is 12.2. The third-order valence-electron chi connectivity index (χ3n) is 9.67. The van der Waals surface area contributed by atoms with Gasteiger partial charge in [0.2, 0.25) is 0 Å². The lowest BCUT2D eigenvalue weighted by Gasteiger charge is -2.10. The van der Waals surface area contributed by atoms with E-state index in [1.165, 1.54) is 87.7 Å². The number of benzene rings is 8. The fourth-order valence-electron chi connectivity index (χ4n) is 7.57. The highest BCUT2D eigenvalue weighted by Gasteiger charge is 2.17. The van der Waals surface area contributed by atoms with Crippen LogP contribution in [0.3, 0.4) is 0 Å². The molecule has 0 spiro atoms. The molecular formula is C44H28N2. The van der Waals surface area contributed by atoms with E-state index in [9.17, 15) is 0 Å². The van der Waals surface area contributed by atoms with Crippen molar-refractivity contribution in [3.8, 4) is 22.5 Å². The normalized spacial score (nSPS) is 11.9. The van der Waals surface area contributed by atoms with Gasteiger partial charge in [0.15, 0.2) is 0 Å². The van der Waals surface area contributed by atoms with Crippen LogP contribution in [0.5, 0.6) is 0 Å². The zero-order valence-corrected chi connectivity index (χ0v) is 25.1. The minimum atomic E-state index is 1.17. The van der Waals surface area contributed by atoms with Gasteiger partial charge in [0.25, 0.3) is 0 Å². The molecule has 2 heteroatoms. The first kappa shape index (κ1) is 25.2. The summed E-state index contributed by atoms with van der Waals surface area (Å²) in [5, 5.41) is 10.1. The summed E-state index contributed by atoms with van der Waals surface area (Å²) in [7, 11) is 0. The van der Waals surface area contributed by atoms with Gasteiger partial charge in [0.1, 0.15) is 0 Å². The molecule has 0 aliphatic carbocycles. The Morgan fingerprint density at radius 1 is 0.283 bits per heavy atom. The Kier molecular flexibility index (Phi) is 5.31. The Morgan fingerprint density at radius 2 is 0.848 bits per heavy atom. The zero-order valence-electron chi connectivity index (χ0n) is 25.1. The number of fused-ring (bicyclic) bond motifs is 9. The molecule has 0 unspecified atom stereocenters. The number of aromatic nitrogens is 2. The average Bonchev–Trinajstić information content (AvgIpc) is 3.64. The predicted octanol–water partition coefficient (Wildman–Crippen LogP) is 11.9. The molecule has 0 saturated heterocycles. The predicted molar refractivity (Wildman–Crippen MR) is 196 cm³/mol. The minimum absolute atomic E-state index is 1.17. The van der Waals surface area contributed by atoms with Crippen LogP contribution in [0.25, 0.3) is 87.7 Å². The molecule has 0 N–H and O–H groups in total. The number of rotatable bonds is 3. The molecule has 0 aliphatic heterocycles. The summed E-state index contributed by atoms with van der Waals surface area (Å²) in [6.07, 6.45) is 0. The molecule has 2 nitrogen and oxygen atoms in total. The second kappa shape index (κ2) is 9.69. The summed E-state index contributed by atoms with van der Waals surface area (Å²) in [4.78, 5) is 0. The molecular weight excluding hydrogens is 556 g/mol. The molecule has 10 rings (SSSR count). The third-order valence-corrected chi connectivity index (χ3v) is 9.67. The van der Waals surface area contributed by atoms with Gasteiger partial charge < -0.3 is 9.13 Å². The van der Waals surface area contributed by atoms with Gasteiger partial charge in [0, 0.05) is 32.9 Å². The van der Waals surface area contributed by atoms with E-state index in [4.69, 9.17) is 0 Å². The molecule has 0 radical (unpaired) electrons. The number of hydrogen-bond acceptors (Lipinski definition) is 0. The molecule has 8 aromatic carbocycles. The number of nitrogens with zero attached hydrogens (tertiary/aromatic N) is 2. The van der Waals surface area contributed by atoms with Crippen molar-refractivity contribution < 1.29 is 0 Å². The SMILES string of the molecule is c1ccc(-n2c3ccc(-c4ccc5c(c4)c4ccccc4n5-c4ccc5ccccc5c4)cc3c3c4ccccc4ccc32)cc1. The van der Waals surface area contributed by atoms with E-state index in [2.05, 4.69) is 179 Å². The largest absolute Gasteiger partial charge is 0.309 e. The maximum absolute atomic E-state index is 2.41. The summed E-state index contributed by atoms with van der Waals surface area (Å²) >= 11 is 0. The lowest BCUT2D eigenvalue weighted by Crippen LogP contribution is -1.94. The molecule has 0 aliphatic rings. The van der Waals surface area contributed by atoms with E-state index >= 15 is 0 Å². The zero-order chi connectivity index (χ0) is 30.2.